The van der Waals surface area contributed by atoms with Crippen LogP contribution in [0.25, 0.3) is 0 Å². The van der Waals surface area contributed by atoms with Gasteiger partial charge in [-0.2, -0.15) is 13.2 Å². The van der Waals surface area contributed by atoms with E-state index in [4.69, 9.17) is 11.6 Å². The van der Waals surface area contributed by atoms with Crippen LogP contribution < -0.4 is 5.32 Å². The quantitative estimate of drug-likeness (QED) is 0.814. The van der Waals surface area contributed by atoms with Gasteiger partial charge in [-0.3, -0.25) is 4.79 Å². The van der Waals surface area contributed by atoms with Gasteiger partial charge in [-0.15, -0.1) is 0 Å². The third-order valence-corrected chi connectivity index (χ3v) is 3.39. The van der Waals surface area contributed by atoms with E-state index in [9.17, 15) is 22.4 Å². The molecular weight excluding hydrogens is 334 g/mol. The molecule has 0 spiro atoms. The predicted molar refractivity (Wildman–Crippen MR) is 78.9 cm³/mol. The van der Waals surface area contributed by atoms with Gasteiger partial charge in [-0.05, 0) is 42.3 Å². The maximum Gasteiger partial charge on any atom is 0.416 e. The normalized spacial score (nSPS) is 11.3. The standard InChI is InChI=1S/C16H12ClF4NO/c17-12-5-6-13(14(18)9-12)15(23)22-8-7-10-1-3-11(4-2-10)16(19,20)21/h1-6,9H,7-8H2,(H,22,23). The second-order valence-corrected chi connectivity index (χ2v) is 5.26. The Hall–Kier alpha value is -2.08. The summed E-state index contributed by atoms with van der Waals surface area (Å²) in [5, 5.41) is 2.69. The molecule has 23 heavy (non-hydrogen) atoms. The van der Waals surface area contributed by atoms with E-state index in [2.05, 4.69) is 5.32 Å². The molecule has 2 rings (SSSR count). The van der Waals surface area contributed by atoms with Gasteiger partial charge in [0, 0.05) is 11.6 Å². The molecule has 2 aromatic rings. The molecule has 0 aliphatic heterocycles. The van der Waals surface area contributed by atoms with E-state index in [0.717, 1.165) is 18.2 Å². The second kappa shape index (κ2) is 7.00. The van der Waals surface area contributed by atoms with Crippen LogP contribution in [0.1, 0.15) is 21.5 Å². The first kappa shape index (κ1) is 17.3. The van der Waals surface area contributed by atoms with Crippen LogP contribution in [0.15, 0.2) is 42.5 Å². The molecule has 2 nitrogen and oxygen atoms in total. The van der Waals surface area contributed by atoms with Crippen LogP contribution >= 0.6 is 11.6 Å². The average molecular weight is 346 g/mol. The van der Waals surface area contributed by atoms with Crippen molar-refractivity contribution in [1.82, 2.24) is 5.32 Å². The summed E-state index contributed by atoms with van der Waals surface area (Å²) in [4.78, 5) is 11.8. The van der Waals surface area contributed by atoms with Gasteiger partial charge >= 0.3 is 6.18 Å². The monoisotopic (exact) mass is 345 g/mol. The predicted octanol–water partition coefficient (Wildman–Crippen LogP) is 4.47. The van der Waals surface area contributed by atoms with Crippen LogP contribution in [-0.4, -0.2) is 12.5 Å². The van der Waals surface area contributed by atoms with Crippen LogP contribution in [-0.2, 0) is 12.6 Å². The van der Waals surface area contributed by atoms with Crippen molar-refractivity contribution >= 4 is 17.5 Å². The summed E-state index contributed by atoms with van der Waals surface area (Å²) in [6.07, 6.45) is -4.04. The van der Waals surface area contributed by atoms with Crippen LogP contribution in [0.5, 0.6) is 0 Å². The first-order valence-electron chi connectivity index (χ1n) is 6.67. The third-order valence-electron chi connectivity index (χ3n) is 3.16. The van der Waals surface area contributed by atoms with Crippen molar-refractivity contribution < 1.29 is 22.4 Å². The van der Waals surface area contributed by atoms with E-state index in [1.165, 1.54) is 24.3 Å². The van der Waals surface area contributed by atoms with E-state index in [0.29, 0.717) is 12.0 Å². The SMILES string of the molecule is O=C(NCCc1ccc(C(F)(F)F)cc1)c1ccc(Cl)cc1F. The first-order valence-corrected chi connectivity index (χ1v) is 7.04. The lowest BCUT2D eigenvalue weighted by Gasteiger charge is -2.09. The Bertz CT molecular complexity index is 698. The Kier molecular flexibility index (Phi) is 5.26. The van der Waals surface area contributed by atoms with Crippen molar-refractivity contribution in [2.45, 2.75) is 12.6 Å². The van der Waals surface area contributed by atoms with Crippen LogP contribution in [0, 0.1) is 5.82 Å². The molecule has 0 aliphatic carbocycles. The summed E-state index contributed by atoms with van der Waals surface area (Å²) in [6.45, 7) is 0.173. The Morgan fingerprint density at radius 2 is 1.74 bits per heavy atom. The van der Waals surface area contributed by atoms with Gasteiger partial charge in [0.2, 0.25) is 0 Å². The first-order chi connectivity index (χ1) is 10.8. The summed E-state index contributed by atoms with van der Waals surface area (Å²) in [5.74, 6) is -1.34. The van der Waals surface area contributed by atoms with Gasteiger partial charge in [0.15, 0.2) is 0 Å². The van der Waals surface area contributed by atoms with Crippen LogP contribution in [0.4, 0.5) is 17.6 Å². The molecule has 0 heterocycles. The van der Waals surface area contributed by atoms with Gasteiger partial charge in [-0.1, -0.05) is 23.7 Å². The highest BCUT2D eigenvalue weighted by atomic mass is 35.5. The minimum absolute atomic E-state index is 0.137. The largest absolute Gasteiger partial charge is 0.416 e. The number of rotatable bonds is 4. The molecule has 0 saturated carbocycles. The van der Waals surface area contributed by atoms with E-state index >= 15 is 0 Å². The maximum absolute atomic E-state index is 13.6. The zero-order valence-electron chi connectivity index (χ0n) is 11.8. The third kappa shape index (κ3) is 4.69. The van der Waals surface area contributed by atoms with E-state index < -0.39 is 23.5 Å². The number of hydrogen-bond acceptors (Lipinski definition) is 1. The molecule has 0 bridgehead atoms. The number of carbonyl (C=O) groups excluding carboxylic acids is 1. The minimum Gasteiger partial charge on any atom is -0.352 e. The molecule has 0 aromatic heterocycles. The molecule has 122 valence electrons. The van der Waals surface area contributed by atoms with Crippen LogP contribution in [0.3, 0.4) is 0 Å². The maximum atomic E-state index is 13.6. The summed E-state index contributed by atoms with van der Waals surface area (Å²) in [5.41, 5.74) is -0.231. The second-order valence-electron chi connectivity index (χ2n) is 4.82. The summed E-state index contributed by atoms with van der Waals surface area (Å²) in [6, 6.07) is 8.36. The number of nitrogens with one attached hydrogen (secondary N) is 1. The molecule has 0 aliphatic rings. The Balaban J connectivity index is 1.90. The number of carbonyl (C=O) groups is 1. The van der Waals surface area contributed by atoms with Gasteiger partial charge in [0.1, 0.15) is 5.82 Å². The van der Waals surface area contributed by atoms with E-state index in [-0.39, 0.29) is 17.1 Å². The molecule has 2 aromatic carbocycles. The highest BCUT2D eigenvalue weighted by molar-refractivity contribution is 6.30. The molecule has 0 radical (unpaired) electrons. The summed E-state index contributed by atoms with van der Waals surface area (Å²) in [7, 11) is 0. The molecule has 0 fully saturated rings. The summed E-state index contributed by atoms with van der Waals surface area (Å²) < 4.78 is 50.8. The zero-order chi connectivity index (χ0) is 17.0. The van der Waals surface area contributed by atoms with Crippen molar-refractivity contribution in [2.75, 3.05) is 6.54 Å². The smallest absolute Gasteiger partial charge is 0.352 e. The average Bonchev–Trinajstić information content (AvgIpc) is 2.46. The fourth-order valence-electron chi connectivity index (χ4n) is 1.95. The topological polar surface area (TPSA) is 29.1 Å². The Labute approximate surface area is 135 Å². The fourth-order valence-corrected chi connectivity index (χ4v) is 2.11. The lowest BCUT2D eigenvalue weighted by molar-refractivity contribution is -0.137. The molecule has 0 atom stereocenters. The van der Waals surface area contributed by atoms with E-state index in [1.807, 2.05) is 0 Å². The number of halogens is 5. The van der Waals surface area contributed by atoms with Gasteiger partial charge in [0.25, 0.3) is 5.91 Å². The van der Waals surface area contributed by atoms with Crippen molar-refractivity contribution in [3.8, 4) is 0 Å². The number of benzene rings is 2. The molecule has 1 N–H and O–H groups in total. The minimum atomic E-state index is -4.38. The van der Waals surface area contributed by atoms with Gasteiger partial charge in [0.05, 0.1) is 11.1 Å². The van der Waals surface area contributed by atoms with Crippen molar-refractivity contribution in [2.24, 2.45) is 0 Å². The number of hydrogen-bond donors (Lipinski definition) is 1. The lowest BCUT2D eigenvalue weighted by atomic mass is 10.1. The summed E-state index contributed by atoms with van der Waals surface area (Å²) >= 11 is 5.60. The van der Waals surface area contributed by atoms with Crippen LogP contribution in [0.2, 0.25) is 5.02 Å². The molecule has 7 heteroatoms. The van der Waals surface area contributed by atoms with Gasteiger partial charge < -0.3 is 5.32 Å². The molecule has 0 saturated heterocycles. The molecule has 0 unspecified atom stereocenters. The zero-order valence-corrected chi connectivity index (χ0v) is 12.5. The van der Waals surface area contributed by atoms with Gasteiger partial charge in [-0.25, -0.2) is 4.39 Å². The highest BCUT2D eigenvalue weighted by Crippen LogP contribution is 2.29. The highest BCUT2D eigenvalue weighted by Gasteiger charge is 2.29. The molecule has 1 amide bonds. The van der Waals surface area contributed by atoms with Crippen molar-refractivity contribution in [1.29, 1.82) is 0 Å². The Morgan fingerprint density at radius 3 is 2.30 bits per heavy atom. The fraction of sp³-hybridized carbons (Fsp3) is 0.188. The number of alkyl halides is 3. The van der Waals surface area contributed by atoms with Crippen molar-refractivity contribution in [3.63, 3.8) is 0 Å². The Morgan fingerprint density at radius 1 is 1.09 bits per heavy atom. The lowest BCUT2D eigenvalue weighted by Crippen LogP contribution is -2.26. The molecular formula is C16H12ClF4NO. The van der Waals surface area contributed by atoms with E-state index in [1.54, 1.807) is 0 Å². The van der Waals surface area contributed by atoms with Crippen molar-refractivity contribution in [3.05, 3.63) is 70.0 Å². The number of amides is 1.